The van der Waals surface area contributed by atoms with E-state index in [1.54, 1.807) is 12.1 Å². The van der Waals surface area contributed by atoms with Crippen molar-refractivity contribution in [2.75, 3.05) is 7.11 Å². The fourth-order valence-electron chi connectivity index (χ4n) is 1.36. The highest BCUT2D eigenvalue weighted by atomic mass is 16.6. The van der Waals surface area contributed by atoms with Crippen molar-refractivity contribution in [2.24, 2.45) is 4.99 Å². The normalized spacial score (nSPS) is 17.6. The van der Waals surface area contributed by atoms with Crippen LogP contribution in [0.5, 0.6) is 0 Å². The van der Waals surface area contributed by atoms with Crippen LogP contribution in [0.1, 0.15) is 5.56 Å². The molecule has 0 aliphatic carbocycles. The summed E-state index contributed by atoms with van der Waals surface area (Å²) in [5.41, 5.74) is 1.34. The third-order valence-corrected chi connectivity index (χ3v) is 2.26. The van der Waals surface area contributed by atoms with Crippen LogP contribution in [-0.2, 0) is 9.53 Å². The van der Waals surface area contributed by atoms with Crippen molar-refractivity contribution < 1.29 is 14.5 Å². The third-order valence-electron chi connectivity index (χ3n) is 2.26. The third kappa shape index (κ3) is 1.77. The van der Waals surface area contributed by atoms with E-state index in [0.29, 0.717) is 11.3 Å². The highest BCUT2D eigenvalue weighted by Crippen LogP contribution is 2.22. The number of hydrogen-bond acceptors (Lipinski definition) is 5. The fourth-order valence-corrected chi connectivity index (χ4v) is 1.36. The monoisotopic (exact) mass is 220 g/mol. The highest BCUT2D eigenvalue weighted by Gasteiger charge is 2.36. The highest BCUT2D eigenvalue weighted by molar-refractivity contribution is 6.24. The molecule has 0 fully saturated rings. The minimum absolute atomic E-state index is 0.0135. The average Bonchev–Trinajstić information content (AvgIpc) is 3.08. The van der Waals surface area contributed by atoms with Gasteiger partial charge in [-0.2, -0.15) is 0 Å². The maximum Gasteiger partial charge on any atom is 0.336 e. The number of non-ortho nitro benzene ring substituents is 1. The van der Waals surface area contributed by atoms with Gasteiger partial charge in [0.15, 0.2) is 6.04 Å². The Morgan fingerprint density at radius 1 is 1.44 bits per heavy atom. The Hall–Kier alpha value is -2.24. The molecule has 2 rings (SSSR count). The Kier molecular flexibility index (Phi) is 2.40. The van der Waals surface area contributed by atoms with Gasteiger partial charge < -0.3 is 4.74 Å². The molecule has 0 amide bonds. The zero-order chi connectivity index (χ0) is 11.7. The zero-order valence-corrected chi connectivity index (χ0v) is 8.41. The molecular formula is C10H8N2O4. The zero-order valence-electron chi connectivity index (χ0n) is 8.41. The second kappa shape index (κ2) is 3.73. The smallest absolute Gasteiger partial charge is 0.336 e. The molecule has 6 heteroatoms. The molecular weight excluding hydrogens is 212 g/mol. The summed E-state index contributed by atoms with van der Waals surface area (Å²) in [5.74, 6) is -0.409. The lowest BCUT2D eigenvalue weighted by molar-refractivity contribution is -0.384. The van der Waals surface area contributed by atoms with E-state index in [1.165, 1.54) is 19.2 Å². The molecule has 0 radical (unpaired) electrons. The molecule has 0 N–H and O–H groups in total. The van der Waals surface area contributed by atoms with Crippen molar-refractivity contribution in [3.8, 4) is 0 Å². The first-order chi connectivity index (χ1) is 7.63. The van der Waals surface area contributed by atoms with Gasteiger partial charge >= 0.3 is 5.97 Å². The summed E-state index contributed by atoms with van der Waals surface area (Å²) in [6, 6.07) is 5.36. The van der Waals surface area contributed by atoms with Crippen LogP contribution in [0.15, 0.2) is 29.3 Å². The molecule has 1 aromatic carbocycles. The van der Waals surface area contributed by atoms with Crippen LogP contribution in [0.25, 0.3) is 0 Å². The number of ether oxygens (including phenoxy) is 1. The molecule has 1 aromatic rings. The van der Waals surface area contributed by atoms with Crippen molar-refractivity contribution in [1.29, 1.82) is 0 Å². The van der Waals surface area contributed by atoms with Crippen LogP contribution in [0.4, 0.5) is 5.69 Å². The van der Waals surface area contributed by atoms with Crippen LogP contribution in [0.2, 0.25) is 0 Å². The Morgan fingerprint density at radius 3 is 2.56 bits per heavy atom. The molecule has 1 heterocycles. The number of nitro groups is 1. The van der Waals surface area contributed by atoms with Gasteiger partial charge in [-0.1, -0.05) is 0 Å². The lowest BCUT2D eigenvalue weighted by Gasteiger charge is -1.96. The molecule has 82 valence electrons. The maximum absolute atomic E-state index is 11.1. The Balaban J connectivity index is 2.11. The molecule has 6 nitrogen and oxygen atoms in total. The lowest BCUT2D eigenvalue weighted by atomic mass is 10.1. The van der Waals surface area contributed by atoms with Crippen LogP contribution in [-0.4, -0.2) is 29.8 Å². The van der Waals surface area contributed by atoms with E-state index >= 15 is 0 Å². The summed E-state index contributed by atoms with van der Waals surface area (Å²) in [4.78, 5) is 25.0. The summed E-state index contributed by atoms with van der Waals surface area (Å²) in [6.07, 6.45) is 0. The van der Waals surface area contributed by atoms with Crippen LogP contribution < -0.4 is 0 Å². The van der Waals surface area contributed by atoms with Gasteiger partial charge in [0.25, 0.3) is 5.69 Å². The Morgan fingerprint density at radius 2 is 2.06 bits per heavy atom. The lowest BCUT2D eigenvalue weighted by Crippen LogP contribution is -2.14. The Labute approximate surface area is 90.7 Å². The summed E-state index contributed by atoms with van der Waals surface area (Å²) in [6.45, 7) is 0. The molecule has 1 aliphatic rings. The van der Waals surface area contributed by atoms with E-state index in [0.717, 1.165) is 0 Å². The van der Waals surface area contributed by atoms with Crippen molar-refractivity contribution in [3.63, 3.8) is 0 Å². The number of aliphatic imine (C=N–C) groups is 1. The molecule has 1 atom stereocenters. The van der Waals surface area contributed by atoms with Crippen molar-refractivity contribution in [2.45, 2.75) is 6.04 Å². The van der Waals surface area contributed by atoms with Crippen LogP contribution in [0.3, 0.4) is 0 Å². The molecule has 0 aromatic heterocycles. The summed E-state index contributed by atoms with van der Waals surface area (Å²) in [7, 11) is 1.30. The minimum Gasteiger partial charge on any atom is -0.467 e. The number of carbonyl (C=O) groups excluding carboxylic acids is 1. The van der Waals surface area contributed by atoms with Crippen LogP contribution in [0, 0.1) is 10.1 Å². The summed E-state index contributed by atoms with van der Waals surface area (Å²) < 4.78 is 4.53. The first-order valence-corrected chi connectivity index (χ1v) is 4.54. The number of nitro benzene ring substituents is 1. The molecule has 1 unspecified atom stereocenters. The van der Waals surface area contributed by atoms with Crippen LogP contribution >= 0.6 is 0 Å². The van der Waals surface area contributed by atoms with Crippen molar-refractivity contribution >= 4 is 17.4 Å². The van der Waals surface area contributed by atoms with E-state index in [-0.39, 0.29) is 5.69 Å². The number of carbonyl (C=O) groups is 1. The van der Waals surface area contributed by atoms with Gasteiger partial charge in [-0.25, -0.2) is 4.79 Å². The molecule has 1 aliphatic heterocycles. The number of hydrogen-bond donors (Lipinski definition) is 0. The number of rotatable bonds is 3. The Bertz CT molecular complexity index is 478. The summed E-state index contributed by atoms with van der Waals surface area (Å²) >= 11 is 0. The van der Waals surface area contributed by atoms with E-state index in [4.69, 9.17) is 0 Å². The molecule has 0 saturated carbocycles. The molecule has 0 saturated heterocycles. The van der Waals surface area contributed by atoms with Gasteiger partial charge in [-0.05, 0) is 17.7 Å². The predicted octanol–water partition coefficient (Wildman–Crippen LogP) is 0.939. The van der Waals surface area contributed by atoms with E-state index in [9.17, 15) is 14.9 Å². The van der Waals surface area contributed by atoms with E-state index < -0.39 is 16.9 Å². The van der Waals surface area contributed by atoms with Gasteiger partial charge in [0.1, 0.15) is 0 Å². The van der Waals surface area contributed by atoms with Crippen molar-refractivity contribution in [3.05, 3.63) is 39.9 Å². The first-order valence-electron chi connectivity index (χ1n) is 4.54. The van der Waals surface area contributed by atoms with E-state index in [1.807, 2.05) is 0 Å². The molecule has 0 spiro atoms. The standard InChI is InChI=1S/C10H8N2O4/c1-16-10(13)9-8(11-9)6-2-4-7(5-3-6)12(14)15/h2-5,9H,1H3. The number of benzene rings is 1. The first kappa shape index (κ1) is 10.3. The average molecular weight is 220 g/mol. The quantitative estimate of drug-likeness (QED) is 0.431. The van der Waals surface area contributed by atoms with Gasteiger partial charge in [-0.15, -0.1) is 0 Å². The number of esters is 1. The number of methoxy groups -OCH3 is 1. The second-order valence-electron chi connectivity index (χ2n) is 3.24. The fraction of sp³-hybridized carbons (Fsp3) is 0.200. The predicted molar refractivity (Wildman–Crippen MR) is 55.4 cm³/mol. The van der Waals surface area contributed by atoms with Gasteiger partial charge in [-0.3, -0.25) is 15.1 Å². The molecule has 16 heavy (non-hydrogen) atoms. The summed E-state index contributed by atoms with van der Waals surface area (Å²) in [5, 5.41) is 10.4. The van der Waals surface area contributed by atoms with Gasteiger partial charge in [0.05, 0.1) is 17.7 Å². The number of nitrogens with zero attached hydrogens (tertiary/aromatic N) is 2. The molecule has 0 bridgehead atoms. The van der Waals surface area contributed by atoms with Gasteiger partial charge in [0.2, 0.25) is 0 Å². The maximum atomic E-state index is 11.1. The van der Waals surface area contributed by atoms with E-state index in [2.05, 4.69) is 9.73 Å². The largest absolute Gasteiger partial charge is 0.467 e. The van der Waals surface area contributed by atoms with Gasteiger partial charge in [0, 0.05) is 12.1 Å². The second-order valence-corrected chi connectivity index (χ2v) is 3.24. The topological polar surface area (TPSA) is 81.8 Å². The SMILES string of the molecule is COC(=O)C1N=C1c1ccc([N+](=O)[O-])cc1. The minimum atomic E-state index is -0.536. The van der Waals surface area contributed by atoms with Crippen molar-refractivity contribution in [1.82, 2.24) is 0 Å².